The first-order chi connectivity index (χ1) is 16.5. The molecule has 1 amide bonds. The summed E-state index contributed by atoms with van der Waals surface area (Å²) in [7, 11) is 0. The van der Waals surface area contributed by atoms with E-state index in [9.17, 15) is 4.79 Å². The van der Waals surface area contributed by atoms with Crippen LogP contribution in [0.15, 0.2) is 10.6 Å². The summed E-state index contributed by atoms with van der Waals surface area (Å²) in [5, 5.41) is 9.21. The summed E-state index contributed by atoms with van der Waals surface area (Å²) in [6.07, 6.45) is 5.82. The lowest BCUT2D eigenvalue weighted by atomic mass is 9.71. The van der Waals surface area contributed by atoms with E-state index in [0.29, 0.717) is 39.5 Å². The molecule has 2 aliphatic heterocycles. The quantitative estimate of drug-likeness (QED) is 0.477. The molecule has 2 saturated heterocycles. The van der Waals surface area contributed by atoms with Crippen molar-refractivity contribution in [2.45, 2.75) is 86.1 Å². The minimum atomic E-state index is -0.0451. The van der Waals surface area contributed by atoms with Crippen molar-refractivity contribution in [3.8, 4) is 11.4 Å². The number of halogens is 1. The zero-order chi connectivity index (χ0) is 25.4. The van der Waals surface area contributed by atoms with Crippen molar-refractivity contribution in [1.29, 1.82) is 0 Å². The minimum absolute atomic E-state index is 0.0451. The molecule has 4 rings (SSSR count). The fourth-order valence-electron chi connectivity index (χ4n) is 5.28. The van der Waals surface area contributed by atoms with Gasteiger partial charge in [0.2, 0.25) is 0 Å². The summed E-state index contributed by atoms with van der Waals surface area (Å²) in [6, 6.07) is 1.87. The number of hydrogen-bond acceptors (Lipinski definition) is 5. The standard InChI is InChI=1S/C27H42ClN5O2/c1-7-33-24(28)22(23(29-33)20-18-21(19(2)3)35-30-20)25(34)32-16-11-27(12-17-32)9-14-31(15-10-27)13-8-26(4,5)6/h18-19H,7-17H2,1-6H3. The van der Waals surface area contributed by atoms with Crippen LogP contribution in [0.2, 0.25) is 5.15 Å². The van der Waals surface area contributed by atoms with Crippen LogP contribution in [-0.2, 0) is 6.54 Å². The van der Waals surface area contributed by atoms with Crippen LogP contribution in [0, 0.1) is 10.8 Å². The molecule has 2 aromatic rings. The second-order valence-electron chi connectivity index (χ2n) is 12.0. The third-order valence-electron chi connectivity index (χ3n) is 7.95. The lowest BCUT2D eigenvalue weighted by molar-refractivity contribution is 0.0283. The van der Waals surface area contributed by atoms with Crippen LogP contribution >= 0.6 is 11.6 Å². The van der Waals surface area contributed by atoms with E-state index < -0.39 is 0 Å². The molecule has 0 atom stereocenters. The summed E-state index contributed by atoms with van der Waals surface area (Å²) < 4.78 is 7.17. The van der Waals surface area contributed by atoms with Crippen molar-refractivity contribution in [3.63, 3.8) is 0 Å². The molecule has 35 heavy (non-hydrogen) atoms. The maximum absolute atomic E-state index is 13.7. The van der Waals surface area contributed by atoms with Gasteiger partial charge in [0.1, 0.15) is 27.9 Å². The Morgan fingerprint density at radius 3 is 2.31 bits per heavy atom. The molecule has 0 unspecified atom stereocenters. The summed E-state index contributed by atoms with van der Waals surface area (Å²) in [4.78, 5) is 18.3. The molecule has 0 N–H and O–H groups in total. The van der Waals surface area contributed by atoms with E-state index in [-0.39, 0.29) is 11.8 Å². The average molecular weight is 504 g/mol. The van der Waals surface area contributed by atoms with Crippen molar-refractivity contribution in [3.05, 3.63) is 22.5 Å². The molecule has 0 saturated carbocycles. The van der Waals surface area contributed by atoms with Gasteiger partial charge in [-0.15, -0.1) is 0 Å². The Morgan fingerprint density at radius 1 is 1.14 bits per heavy atom. The Labute approximate surface area is 215 Å². The Hall–Kier alpha value is -1.86. The maximum Gasteiger partial charge on any atom is 0.259 e. The summed E-state index contributed by atoms with van der Waals surface area (Å²) in [6.45, 7) is 18.7. The van der Waals surface area contributed by atoms with Gasteiger partial charge in [0.15, 0.2) is 0 Å². The molecule has 7 nitrogen and oxygen atoms in total. The molecule has 194 valence electrons. The summed E-state index contributed by atoms with van der Waals surface area (Å²) >= 11 is 6.67. The van der Waals surface area contributed by atoms with Gasteiger partial charge in [-0.1, -0.05) is 51.4 Å². The zero-order valence-corrected chi connectivity index (χ0v) is 23.1. The van der Waals surface area contributed by atoms with Gasteiger partial charge in [0, 0.05) is 31.6 Å². The number of nitrogens with zero attached hydrogens (tertiary/aromatic N) is 5. The molecule has 0 radical (unpaired) electrons. The Bertz CT molecular complexity index is 1020. The van der Waals surface area contributed by atoms with E-state index >= 15 is 0 Å². The first-order valence-corrected chi connectivity index (χ1v) is 13.6. The van der Waals surface area contributed by atoms with Crippen LogP contribution in [0.1, 0.15) is 95.7 Å². The number of aryl methyl sites for hydroxylation is 1. The molecular formula is C27H42ClN5O2. The molecule has 1 spiro atoms. The molecule has 2 aliphatic rings. The number of likely N-dealkylation sites (tertiary alicyclic amines) is 2. The van der Waals surface area contributed by atoms with E-state index in [1.54, 1.807) is 4.68 Å². The predicted molar refractivity (Wildman–Crippen MR) is 140 cm³/mol. The highest BCUT2D eigenvalue weighted by Gasteiger charge is 2.40. The van der Waals surface area contributed by atoms with Gasteiger partial charge in [0.25, 0.3) is 5.91 Å². The van der Waals surface area contributed by atoms with Crippen LogP contribution < -0.4 is 0 Å². The SMILES string of the molecule is CCn1nc(-c2cc(C(C)C)on2)c(C(=O)N2CCC3(CCN(CCC(C)(C)C)CC3)CC2)c1Cl. The molecule has 0 aromatic carbocycles. The fourth-order valence-corrected chi connectivity index (χ4v) is 5.61. The number of hydrogen-bond donors (Lipinski definition) is 0. The van der Waals surface area contributed by atoms with Crippen molar-refractivity contribution < 1.29 is 9.32 Å². The average Bonchev–Trinajstić information content (AvgIpc) is 3.43. The van der Waals surface area contributed by atoms with Gasteiger partial charge < -0.3 is 14.3 Å². The smallest absolute Gasteiger partial charge is 0.259 e. The topological polar surface area (TPSA) is 67.4 Å². The molecule has 2 aromatic heterocycles. The van der Waals surface area contributed by atoms with E-state index in [1.165, 1.54) is 38.9 Å². The van der Waals surface area contributed by atoms with Crippen LogP contribution in [0.5, 0.6) is 0 Å². The lowest BCUT2D eigenvalue weighted by Crippen LogP contribution is -2.48. The maximum atomic E-state index is 13.7. The fraction of sp³-hybridized carbons (Fsp3) is 0.741. The van der Waals surface area contributed by atoms with Crippen LogP contribution in [0.25, 0.3) is 11.4 Å². The number of rotatable bonds is 6. The molecule has 4 heterocycles. The van der Waals surface area contributed by atoms with E-state index in [4.69, 9.17) is 16.1 Å². The Kier molecular flexibility index (Phi) is 7.68. The van der Waals surface area contributed by atoms with E-state index in [0.717, 1.165) is 31.7 Å². The monoisotopic (exact) mass is 503 g/mol. The van der Waals surface area contributed by atoms with Gasteiger partial charge in [-0.05, 0) is 69.5 Å². The van der Waals surface area contributed by atoms with Crippen LogP contribution in [-0.4, -0.2) is 63.4 Å². The minimum Gasteiger partial charge on any atom is -0.360 e. The number of aromatic nitrogens is 3. The van der Waals surface area contributed by atoms with Crippen molar-refractivity contribution in [2.75, 3.05) is 32.7 Å². The van der Waals surface area contributed by atoms with Gasteiger partial charge >= 0.3 is 0 Å². The number of carbonyl (C=O) groups excluding carboxylic acids is 1. The van der Waals surface area contributed by atoms with Gasteiger partial charge in [-0.3, -0.25) is 9.48 Å². The highest BCUT2D eigenvalue weighted by molar-refractivity contribution is 6.33. The second kappa shape index (κ2) is 10.3. The molecule has 8 heteroatoms. The van der Waals surface area contributed by atoms with E-state index in [1.807, 2.05) is 31.7 Å². The van der Waals surface area contributed by atoms with E-state index in [2.05, 4.69) is 35.9 Å². The molecule has 2 fully saturated rings. The number of piperidine rings is 2. The van der Waals surface area contributed by atoms with Gasteiger partial charge in [0.05, 0.1) is 0 Å². The van der Waals surface area contributed by atoms with Gasteiger partial charge in [-0.2, -0.15) is 5.10 Å². The summed E-state index contributed by atoms with van der Waals surface area (Å²) in [5.74, 6) is 0.933. The summed E-state index contributed by atoms with van der Waals surface area (Å²) in [5.41, 5.74) is 2.29. The molecule has 0 bridgehead atoms. The van der Waals surface area contributed by atoms with Crippen molar-refractivity contribution in [2.24, 2.45) is 10.8 Å². The van der Waals surface area contributed by atoms with Crippen molar-refractivity contribution >= 4 is 17.5 Å². The number of carbonyl (C=O) groups is 1. The Morgan fingerprint density at radius 2 is 1.77 bits per heavy atom. The first-order valence-electron chi connectivity index (χ1n) is 13.3. The normalized spacial score (nSPS) is 19.1. The van der Waals surface area contributed by atoms with Crippen LogP contribution in [0.3, 0.4) is 0 Å². The second-order valence-corrected chi connectivity index (χ2v) is 12.4. The number of amides is 1. The predicted octanol–water partition coefficient (Wildman–Crippen LogP) is 6.09. The molecular weight excluding hydrogens is 462 g/mol. The Balaban J connectivity index is 1.43. The third kappa shape index (κ3) is 5.77. The van der Waals surface area contributed by atoms with Crippen molar-refractivity contribution in [1.82, 2.24) is 24.7 Å². The lowest BCUT2D eigenvalue weighted by Gasteiger charge is -2.47. The molecule has 0 aliphatic carbocycles. The third-order valence-corrected chi connectivity index (χ3v) is 8.33. The largest absolute Gasteiger partial charge is 0.360 e. The van der Waals surface area contributed by atoms with Gasteiger partial charge in [-0.25, -0.2) is 0 Å². The highest BCUT2D eigenvalue weighted by atomic mass is 35.5. The first kappa shape index (κ1) is 26.2. The zero-order valence-electron chi connectivity index (χ0n) is 22.4. The highest BCUT2D eigenvalue weighted by Crippen LogP contribution is 2.42. The van der Waals surface area contributed by atoms with Crippen LogP contribution in [0.4, 0.5) is 0 Å².